The average Bonchev–Trinajstić information content (AvgIpc) is 2.46. The lowest BCUT2D eigenvalue weighted by molar-refractivity contribution is -0.137. The molecule has 0 bridgehead atoms. The molecule has 0 aromatic heterocycles. The zero-order chi connectivity index (χ0) is 15.5. The number of sulfonamides is 1. The van der Waals surface area contributed by atoms with Crippen molar-refractivity contribution in [3.05, 3.63) is 29.8 Å². The van der Waals surface area contributed by atoms with Crippen molar-refractivity contribution in [2.75, 3.05) is 19.6 Å². The molecule has 0 amide bonds. The fourth-order valence-electron chi connectivity index (χ4n) is 2.25. The van der Waals surface area contributed by atoms with Crippen molar-refractivity contribution in [2.45, 2.75) is 23.9 Å². The van der Waals surface area contributed by atoms with Gasteiger partial charge in [-0.3, -0.25) is 0 Å². The lowest BCUT2D eigenvalue weighted by atomic mass is 10.0. The van der Waals surface area contributed by atoms with Crippen molar-refractivity contribution in [2.24, 2.45) is 5.92 Å². The Morgan fingerprint density at radius 2 is 2.10 bits per heavy atom. The van der Waals surface area contributed by atoms with E-state index in [2.05, 4.69) is 10.0 Å². The van der Waals surface area contributed by atoms with Crippen LogP contribution in [-0.4, -0.2) is 28.1 Å². The highest BCUT2D eigenvalue weighted by molar-refractivity contribution is 7.89. The Morgan fingerprint density at radius 3 is 2.71 bits per heavy atom. The highest BCUT2D eigenvalue weighted by Crippen LogP contribution is 2.30. The van der Waals surface area contributed by atoms with Gasteiger partial charge in [-0.05, 0) is 50.0 Å². The van der Waals surface area contributed by atoms with Gasteiger partial charge in [-0.25, -0.2) is 13.1 Å². The minimum atomic E-state index is -4.56. The molecule has 1 aliphatic rings. The number of hydrogen-bond donors (Lipinski definition) is 2. The molecule has 1 atom stereocenters. The van der Waals surface area contributed by atoms with Crippen LogP contribution in [0.25, 0.3) is 0 Å². The number of nitrogens with one attached hydrogen (secondary N) is 2. The molecular weight excluding hydrogens is 305 g/mol. The minimum absolute atomic E-state index is 0.166. The van der Waals surface area contributed by atoms with Gasteiger partial charge >= 0.3 is 6.18 Å². The molecule has 1 heterocycles. The normalized spacial score (nSPS) is 20.4. The van der Waals surface area contributed by atoms with Crippen LogP contribution in [0.15, 0.2) is 29.2 Å². The summed E-state index contributed by atoms with van der Waals surface area (Å²) < 4.78 is 64.3. The summed E-state index contributed by atoms with van der Waals surface area (Å²) >= 11 is 0. The zero-order valence-corrected chi connectivity index (χ0v) is 12.1. The van der Waals surface area contributed by atoms with E-state index in [0.29, 0.717) is 12.6 Å². The second kappa shape index (κ2) is 6.33. The van der Waals surface area contributed by atoms with Crippen LogP contribution in [0.4, 0.5) is 13.2 Å². The molecule has 8 heteroatoms. The molecule has 1 aliphatic heterocycles. The van der Waals surface area contributed by atoms with E-state index in [1.54, 1.807) is 0 Å². The molecule has 0 spiro atoms. The van der Waals surface area contributed by atoms with Crippen LogP contribution in [-0.2, 0) is 16.2 Å². The van der Waals surface area contributed by atoms with Crippen LogP contribution < -0.4 is 10.0 Å². The topological polar surface area (TPSA) is 58.2 Å². The monoisotopic (exact) mass is 322 g/mol. The van der Waals surface area contributed by atoms with Gasteiger partial charge in [0.1, 0.15) is 0 Å². The quantitative estimate of drug-likeness (QED) is 0.891. The van der Waals surface area contributed by atoms with Gasteiger partial charge in [0.15, 0.2) is 0 Å². The lowest BCUT2D eigenvalue weighted by Crippen LogP contribution is -2.38. The van der Waals surface area contributed by atoms with E-state index >= 15 is 0 Å². The highest BCUT2D eigenvalue weighted by Gasteiger charge is 2.31. The van der Waals surface area contributed by atoms with E-state index < -0.39 is 21.8 Å². The first-order chi connectivity index (χ1) is 9.79. The van der Waals surface area contributed by atoms with Gasteiger partial charge < -0.3 is 5.32 Å². The Labute approximate surface area is 121 Å². The maximum Gasteiger partial charge on any atom is 0.416 e. The van der Waals surface area contributed by atoms with Crippen molar-refractivity contribution in [1.82, 2.24) is 10.0 Å². The summed E-state index contributed by atoms with van der Waals surface area (Å²) in [5.41, 5.74) is -0.968. The van der Waals surface area contributed by atoms with Crippen molar-refractivity contribution >= 4 is 10.0 Å². The summed E-state index contributed by atoms with van der Waals surface area (Å²) in [5, 5.41) is 3.16. The van der Waals surface area contributed by atoms with Crippen LogP contribution in [0.2, 0.25) is 0 Å². The molecule has 2 N–H and O–H groups in total. The average molecular weight is 322 g/mol. The second-order valence-corrected chi connectivity index (χ2v) is 6.86. The molecule has 0 saturated carbocycles. The number of halogens is 3. The highest BCUT2D eigenvalue weighted by atomic mass is 32.2. The van der Waals surface area contributed by atoms with Crippen LogP contribution >= 0.6 is 0 Å². The van der Waals surface area contributed by atoms with Gasteiger partial charge in [0, 0.05) is 6.54 Å². The standard InChI is InChI=1S/C13H17F3N2O2S/c14-13(15,16)11-4-1-5-12(7-11)21(19,20)18-9-10-3-2-6-17-8-10/h1,4-5,7,10,17-18H,2-3,6,8-9H2. The van der Waals surface area contributed by atoms with Crippen LogP contribution in [0.1, 0.15) is 18.4 Å². The number of alkyl halides is 3. The molecule has 1 aromatic carbocycles. The summed E-state index contributed by atoms with van der Waals surface area (Å²) in [6.45, 7) is 1.85. The van der Waals surface area contributed by atoms with Gasteiger partial charge in [0.25, 0.3) is 0 Å². The van der Waals surface area contributed by atoms with Gasteiger partial charge in [0.05, 0.1) is 10.5 Å². The van der Waals surface area contributed by atoms with E-state index in [1.165, 1.54) is 0 Å². The summed E-state index contributed by atoms with van der Waals surface area (Å²) in [6, 6.07) is 3.77. The van der Waals surface area contributed by atoms with E-state index in [1.807, 2.05) is 0 Å². The molecule has 0 radical (unpaired) electrons. The van der Waals surface area contributed by atoms with E-state index in [0.717, 1.165) is 37.6 Å². The van der Waals surface area contributed by atoms with Crippen LogP contribution in [0.3, 0.4) is 0 Å². The molecule has 1 aromatic rings. The molecule has 1 unspecified atom stereocenters. The molecule has 0 aliphatic carbocycles. The van der Waals surface area contributed by atoms with Gasteiger partial charge in [-0.1, -0.05) is 6.07 Å². The summed E-state index contributed by atoms with van der Waals surface area (Å²) in [7, 11) is -3.92. The summed E-state index contributed by atoms with van der Waals surface area (Å²) in [4.78, 5) is -0.360. The molecule has 2 rings (SSSR count). The number of rotatable bonds is 4. The van der Waals surface area contributed by atoms with Gasteiger partial charge in [-0.15, -0.1) is 0 Å². The first-order valence-electron chi connectivity index (χ1n) is 6.67. The number of hydrogen-bond acceptors (Lipinski definition) is 3. The van der Waals surface area contributed by atoms with Crippen LogP contribution in [0, 0.1) is 5.92 Å². The van der Waals surface area contributed by atoms with Crippen molar-refractivity contribution in [1.29, 1.82) is 0 Å². The maximum atomic E-state index is 12.6. The molecule has 21 heavy (non-hydrogen) atoms. The van der Waals surface area contributed by atoms with Gasteiger partial charge in [0.2, 0.25) is 10.0 Å². The van der Waals surface area contributed by atoms with E-state index in [4.69, 9.17) is 0 Å². The largest absolute Gasteiger partial charge is 0.416 e. The third kappa shape index (κ3) is 4.42. The van der Waals surface area contributed by atoms with Crippen molar-refractivity contribution in [3.8, 4) is 0 Å². The molecular formula is C13H17F3N2O2S. The second-order valence-electron chi connectivity index (χ2n) is 5.09. The van der Waals surface area contributed by atoms with Crippen molar-refractivity contribution in [3.63, 3.8) is 0 Å². The Kier molecular flexibility index (Phi) is 4.90. The maximum absolute atomic E-state index is 12.6. The van der Waals surface area contributed by atoms with E-state index in [-0.39, 0.29) is 17.4 Å². The first-order valence-corrected chi connectivity index (χ1v) is 8.15. The van der Waals surface area contributed by atoms with Crippen LogP contribution in [0.5, 0.6) is 0 Å². The fourth-order valence-corrected chi connectivity index (χ4v) is 3.41. The van der Waals surface area contributed by atoms with Crippen molar-refractivity contribution < 1.29 is 21.6 Å². The third-order valence-electron chi connectivity index (χ3n) is 3.43. The Hall–Kier alpha value is -1.12. The molecule has 118 valence electrons. The number of piperidine rings is 1. The fraction of sp³-hybridized carbons (Fsp3) is 0.538. The predicted octanol–water partition coefficient (Wildman–Crippen LogP) is 1.98. The predicted molar refractivity (Wildman–Crippen MR) is 72.2 cm³/mol. The smallest absolute Gasteiger partial charge is 0.316 e. The Balaban J connectivity index is 2.08. The summed E-state index contributed by atoms with van der Waals surface area (Å²) in [5.74, 6) is 0.166. The number of benzene rings is 1. The molecule has 1 saturated heterocycles. The zero-order valence-electron chi connectivity index (χ0n) is 11.3. The minimum Gasteiger partial charge on any atom is -0.316 e. The SMILES string of the molecule is O=S(=O)(NCC1CCCNC1)c1cccc(C(F)(F)F)c1. The third-order valence-corrected chi connectivity index (χ3v) is 4.85. The first kappa shape index (κ1) is 16.3. The Morgan fingerprint density at radius 1 is 1.33 bits per heavy atom. The van der Waals surface area contributed by atoms with E-state index in [9.17, 15) is 21.6 Å². The summed E-state index contributed by atoms with van der Waals surface area (Å²) in [6.07, 6.45) is -2.69. The molecule has 1 fully saturated rings. The van der Waals surface area contributed by atoms with Gasteiger partial charge in [-0.2, -0.15) is 13.2 Å². The lowest BCUT2D eigenvalue weighted by Gasteiger charge is -2.22. The molecule has 4 nitrogen and oxygen atoms in total. The Bertz CT molecular complexity index is 581.